The molecular formula is C15H22FNO. The third-order valence-electron chi connectivity index (χ3n) is 3.53. The molecule has 0 aliphatic heterocycles. The van der Waals surface area contributed by atoms with Crippen molar-refractivity contribution in [2.24, 2.45) is 5.92 Å². The molecule has 1 aromatic rings. The zero-order valence-corrected chi connectivity index (χ0v) is 11.0. The van der Waals surface area contributed by atoms with Gasteiger partial charge in [0.2, 0.25) is 0 Å². The molecule has 0 radical (unpaired) electrons. The van der Waals surface area contributed by atoms with Crippen LogP contribution in [0.15, 0.2) is 24.3 Å². The number of hydrogen-bond acceptors (Lipinski definition) is 2. The molecule has 0 amide bonds. The summed E-state index contributed by atoms with van der Waals surface area (Å²) < 4.78 is 19.1. The molecule has 0 spiro atoms. The smallest absolute Gasteiger partial charge is 0.146 e. The summed E-state index contributed by atoms with van der Waals surface area (Å²) in [6.45, 7) is 3.59. The lowest BCUT2D eigenvalue weighted by molar-refractivity contribution is 0.0213. The summed E-state index contributed by atoms with van der Waals surface area (Å²) in [5, 5.41) is 3.06. The van der Waals surface area contributed by atoms with Gasteiger partial charge in [0.25, 0.3) is 0 Å². The zero-order valence-electron chi connectivity index (χ0n) is 11.0. The number of rotatable bonds is 5. The molecule has 1 aliphatic carbocycles. The van der Waals surface area contributed by atoms with Crippen molar-refractivity contribution in [1.29, 1.82) is 0 Å². The highest BCUT2D eigenvalue weighted by Gasteiger charge is 2.18. The number of anilines is 1. The first-order valence-corrected chi connectivity index (χ1v) is 6.85. The van der Waals surface area contributed by atoms with Crippen LogP contribution in [0.4, 0.5) is 10.1 Å². The topological polar surface area (TPSA) is 21.3 Å². The molecule has 1 N–H and O–H groups in total. The summed E-state index contributed by atoms with van der Waals surface area (Å²) in [6, 6.07) is 6.74. The molecule has 0 aromatic heterocycles. The van der Waals surface area contributed by atoms with Crippen LogP contribution in [0.25, 0.3) is 0 Å². The molecule has 0 bridgehead atoms. The second-order valence-corrected chi connectivity index (χ2v) is 5.17. The molecule has 2 rings (SSSR count). The Balaban J connectivity index is 1.65. The van der Waals surface area contributed by atoms with E-state index < -0.39 is 0 Å². The van der Waals surface area contributed by atoms with E-state index in [4.69, 9.17) is 4.74 Å². The minimum absolute atomic E-state index is 0.205. The highest BCUT2D eigenvalue weighted by molar-refractivity contribution is 5.44. The van der Waals surface area contributed by atoms with Gasteiger partial charge in [0.05, 0.1) is 18.4 Å². The Bertz CT molecular complexity index is 369. The molecule has 1 aromatic carbocycles. The third-order valence-corrected chi connectivity index (χ3v) is 3.53. The van der Waals surface area contributed by atoms with Crippen LogP contribution in [0.5, 0.6) is 0 Å². The second-order valence-electron chi connectivity index (χ2n) is 5.17. The molecule has 0 saturated heterocycles. The van der Waals surface area contributed by atoms with Crippen LogP contribution in [0.2, 0.25) is 0 Å². The van der Waals surface area contributed by atoms with E-state index in [0.29, 0.717) is 24.9 Å². The lowest BCUT2D eigenvalue weighted by atomic mass is 9.89. The van der Waals surface area contributed by atoms with Crippen molar-refractivity contribution in [3.8, 4) is 0 Å². The highest BCUT2D eigenvalue weighted by atomic mass is 19.1. The van der Waals surface area contributed by atoms with E-state index in [-0.39, 0.29) is 5.82 Å². The van der Waals surface area contributed by atoms with E-state index in [1.54, 1.807) is 12.1 Å². The standard InChI is InChI=1S/C15H22FNO/c1-12-5-4-6-13(11-12)18-10-9-17-15-8-3-2-7-14(15)16/h2-3,7-8,12-13,17H,4-6,9-11H2,1H3. The molecule has 2 atom stereocenters. The largest absolute Gasteiger partial charge is 0.380 e. The van der Waals surface area contributed by atoms with E-state index in [2.05, 4.69) is 12.2 Å². The van der Waals surface area contributed by atoms with Crippen molar-refractivity contribution in [2.45, 2.75) is 38.7 Å². The van der Waals surface area contributed by atoms with Gasteiger partial charge in [-0.05, 0) is 30.9 Å². The number of benzene rings is 1. The Morgan fingerprint density at radius 2 is 2.17 bits per heavy atom. The van der Waals surface area contributed by atoms with Gasteiger partial charge in [-0.15, -0.1) is 0 Å². The average molecular weight is 251 g/mol. The van der Waals surface area contributed by atoms with Gasteiger partial charge in [0.1, 0.15) is 5.82 Å². The summed E-state index contributed by atoms with van der Waals surface area (Å²) in [7, 11) is 0. The van der Waals surface area contributed by atoms with Gasteiger partial charge in [-0.1, -0.05) is 31.9 Å². The lowest BCUT2D eigenvalue weighted by Crippen LogP contribution is -2.24. The number of hydrogen-bond donors (Lipinski definition) is 1. The van der Waals surface area contributed by atoms with Crippen LogP contribution in [-0.2, 0) is 4.74 Å². The Labute approximate surface area is 109 Å². The third kappa shape index (κ3) is 3.98. The molecule has 3 heteroatoms. The summed E-state index contributed by atoms with van der Waals surface area (Å²) in [5.41, 5.74) is 0.554. The van der Waals surface area contributed by atoms with Crippen LogP contribution < -0.4 is 5.32 Å². The molecular weight excluding hydrogens is 229 g/mol. The van der Waals surface area contributed by atoms with Crippen molar-refractivity contribution in [1.82, 2.24) is 0 Å². The molecule has 2 unspecified atom stereocenters. The summed E-state index contributed by atoms with van der Waals surface area (Å²) in [6.07, 6.45) is 5.33. The summed E-state index contributed by atoms with van der Waals surface area (Å²) in [4.78, 5) is 0. The minimum Gasteiger partial charge on any atom is -0.380 e. The fraction of sp³-hybridized carbons (Fsp3) is 0.600. The maximum absolute atomic E-state index is 13.3. The normalized spacial score (nSPS) is 23.9. The monoisotopic (exact) mass is 251 g/mol. The van der Waals surface area contributed by atoms with Gasteiger partial charge in [-0.3, -0.25) is 0 Å². The SMILES string of the molecule is CC1CCCC(OCCNc2ccccc2F)C1. The molecule has 1 saturated carbocycles. The van der Waals surface area contributed by atoms with E-state index >= 15 is 0 Å². The zero-order chi connectivity index (χ0) is 12.8. The van der Waals surface area contributed by atoms with Crippen LogP contribution in [-0.4, -0.2) is 19.3 Å². The van der Waals surface area contributed by atoms with Crippen molar-refractivity contribution in [3.05, 3.63) is 30.1 Å². The Hall–Kier alpha value is -1.09. The van der Waals surface area contributed by atoms with Crippen molar-refractivity contribution < 1.29 is 9.13 Å². The Kier molecular flexibility index (Phi) is 5.00. The first-order chi connectivity index (χ1) is 8.75. The van der Waals surface area contributed by atoms with Gasteiger partial charge in [0, 0.05) is 6.54 Å². The molecule has 2 nitrogen and oxygen atoms in total. The van der Waals surface area contributed by atoms with Crippen molar-refractivity contribution in [3.63, 3.8) is 0 Å². The Morgan fingerprint density at radius 1 is 1.33 bits per heavy atom. The lowest BCUT2D eigenvalue weighted by Gasteiger charge is -2.26. The maximum Gasteiger partial charge on any atom is 0.146 e. The number of para-hydroxylation sites is 1. The molecule has 0 heterocycles. The number of halogens is 1. The van der Waals surface area contributed by atoms with E-state index in [0.717, 1.165) is 5.92 Å². The fourth-order valence-corrected chi connectivity index (χ4v) is 2.55. The van der Waals surface area contributed by atoms with Gasteiger partial charge in [-0.25, -0.2) is 4.39 Å². The number of ether oxygens (including phenoxy) is 1. The van der Waals surface area contributed by atoms with Gasteiger partial charge in [-0.2, -0.15) is 0 Å². The van der Waals surface area contributed by atoms with Gasteiger partial charge >= 0.3 is 0 Å². The summed E-state index contributed by atoms with van der Waals surface area (Å²) >= 11 is 0. The molecule has 18 heavy (non-hydrogen) atoms. The molecule has 100 valence electrons. The minimum atomic E-state index is -0.205. The first kappa shape index (κ1) is 13.3. The first-order valence-electron chi connectivity index (χ1n) is 6.85. The van der Waals surface area contributed by atoms with Crippen molar-refractivity contribution >= 4 is 5.69 Å². The fourth-order valence-electron chi connectivity index (χ4n) is 2.55. The Morgan fingerprint density at radius 3 is 2.94 bits per heavy atom. The predicted molar refractivity (Wildman–Crippen MR) is 72.3 cm³/mol. The van der Waals surface area contributed by atoms with E-state index in [1.807, 2.05) is 6.07 Å². The van der Waals surface area contributed by atoms with Crippen molar-refractivity contribution in [2.75, 3.05) is 18.5 Å². The molecule has 1 fully saturated rings. The highest BCUT2D eigenvalue weighted by Crippen LogP contribution is 2.25. The maximum atomic E-state index is 13.3. The van der Waals surface area contributed by atoms with Gasteiger partial charge in [0.15, 0.2) is 0 Å². The van der Waals surface area contributed by atoms with Crippen LogP contribution in [0, 0.1) is 11.7 Å². The van der Waals surface area contributed by atoms with E-state index in [9.17, 15) is 4.39 Å². The van der Waals surface area contributed by atoms with Crippen LogP contribution >= 0.6 is 0 Å². The van der Waals surface area contributed by atoms with Gasteiger partial charge < -0.3 is 10.1 Å². The second kappa shape index (κ2) is 6.74. The summed E-state index contributed by atoms with van der Waals surface area (Å²) in [5.74, 6) is 0.576. The number of nitrogens with one attached hydrogen (secondary N) is 1. The quantitative estimate of drug-likeness (QED) is 0.803. The van der Waals surface area contributed by atoms with E-state index in [1.165, 1.54) is 31.7 Å². The molecule has 1 aliphatic rings. The average Bonchev–Trinajstić information content (AvgIpc) is 2.37. The van der Waals surface area contributed by atoms with Crippen LogP contribution in [0.1, 0.15) is 32.6 Å². The van der Waals surface area contributed by atoms with Crippen LogP contribution in [0.3, 0.4) is 0 Å². The predicted octanol–water partition coefficient (Wildman–Crippen LogP) is 3.83.